The van der Waals surface area contributed by atoms with Crippen LogP contribution in [0.5, 0.6) is 11.5 Å². The lowest BCUT2D eigenvalue weighted by Gasteiger charge is -2.07. The Labute approximate surface area is 103 Å². The predicted octanol–water partition coefficient (Wildman–Crippen LogP) is 2.67. The Bertz CT molecular complexity index is 599. The van der Waals surface area contributed by atoms with Crippen LogP contribution in [-0.2, 0) is 0 Å². The molecule has 0 amide bonds. The maximum atomic E-state index is 11.0. The molecule has 0 saturated carbocycles. The van der Waals surface area contributed by atoms with Gasteiger partial charge in [0, 0.05) is 11.6 Å². The van der Waals surface area contributed by atoms with E-state index in [0.717, 1.165) is 0 Å². The van der Waals surface area contributed by atoms with Crippen molar-refractivity contribution in [3.8, 4) is 11.5 Å². The van der Waals surface area contributed by atoms with Crippen LogP contribution in [-0.4, -0.2) is 9.91 Å². The highest BCUT2D eigenvalue weighted by molar-refractivity contribution is 5.54. The van der Waals surface area contributed by atoms with Gasteiger partial charge in [-0.1, -0.05) is 12.1 Å². The molecule has 6 heteroatoms. The molecule has 1 aromatic carbocycles. The largest absolute Gasteiger partial charge is 0.448 e. The van der Waals surface area contributed by atoms with Gasteiger partial charge < -0.3 is 10.5 Å². The van der Waals surface area contributed by atoms with E-state index in [1.54, 1.807) is 25.1 Å². The number of rotatable bonds is 3. The molecule has 0 aliphatic heterocycles. The normalized spacial score (nSPS) is 10.1. The Morgan fingerprint density at radius 1 is 1.39 bits per heavy atom. The van der Waals surface area contributed by atoms with Crippen molar-refractivity contribution in [3.05, 3.63) is 52.3 Å². The summed E-state index contributed by atoms with van der Waals surface area (Å²) in [7, 11) is 0. The van der Waals surface area contributed by atoms with Crippen LogP contribution in [0.15, 0.2) is 36.7 Å². The van der Waals surface area contributed by atoms with Crippen LogP contribution in [0.3, 0.4) is 0 Å². The molecule has 0 bridgehead atoms. The van der Waals surface area contributed by atoms with Gasteiger partial charge in [0.25, 0.3) is 0 Å². The molecule has 18 heavy (non-hydrogen) atoms. The van der Waals surface area contributed by atoms with Crippen molar-refractivity contribution in [3.63, 3.8) is 0 Å². The van der Waals surface area contributed by atoms with E-state index in [1.165, 1.54) is 18.5 Å². The smallest absolute Gasteiger partial charge is 0.314 e. The van der Waals surface area contributed by atoms with Gasteiger partial charge in [-0.25, -0.2) is 0 Å². The van der Waals surface area contributed by atoms with E-state index < -0.39 is 4.92 Å². The average Bonchev–Trinajstić information content (AvgIpc) is 2.28. The highest BCUT2D eigenvalue weighted by atomic mass is 16.6. The third kappa shape index (κ3) is 2.37. The molecular formula is C12H11N3O3. The molecular weight excluding hydrogens is 234 g/mol. The van der Waals surface area contributed by atoms with Crippen molar-refractivity contribution in [1.29, 1.82) is 0 Å². The Balaban J connectivity index is 2.40. The van der Waals surface area contributed by atoms with Gasteiger partial charge in [-0.05, 0) is 13.0 Å². The number of pyridine rings is 1. The lowest BCUT2D eigenvalue weighted by molar-refractivity contribution is -0.386. The summed E-state index contributed by atoms with van der Waals surface area (Å²) >= 11 is 0. The fraction of sp³-hybridized carbons (Fsp3) is 0.0833. The number of ether oxygens (including phenoxy) is 1. The molecule has 2 aromatic rings. The zero-order valence-electron chi connectivity index (χ0n) is 9.66. The molecule has 0 saturated heterocycles. The molecule has 2 N–H and O–H groups in total. The number of nitrogens with two attached hydrogens (primary N) is 1. The van der Waals surface area contributed by atoms with Crippen LogP contribution in [0.2, 0.25) is 0 Å². The maximum Gasteiger partial charge on any atom is 0.314 e. The minimum atomic E-state index is -0.468. The number of para-hydroxylation sites is 1. The zero-order valence-corrected chi connectivity index (χ0v) is 9.66. The predicted molar refractivity (Wildman–Crippen MR) is 66.6 cm³/mol. The SMILES string of the molecule is Cc1cccc(Oc2cncc(N)c2)c1[N+](=O)[O-]. The summed E-state index contributed by atoms with van der Waals surface area (Å²) in [6.45, 7) is 1.66. The summed E-state index contributed by atoms with van der Waals surface area (Å²) in [5.74, 6) is 0.538. The van der Waals surface area contributed by atoms with Crippen LogP contribution in [0.25, 0.3) is 0 Å². The summed E-state index contributed by atoms with van der Waals surface area (Å²) in [5, 5.41) is 11.0. The topological polar surface area (TPSA) is 91.3 Å². The third-order valence-electron chi connectivity index (χ3n) is 2.35. The molecule has 0 aliphatic rings. The van der Waals surface area contributed by atoms with Gasteiger partial charge in [-0.15, -0.1) is 0 Å². The maximum absolute atomic E-state index is 11.0. The van der Waals surface area contributed by atoms with E-state index in [2.05, 4.69) is 4.98 Å². The van der Waals surface area contributed by atoms with Crippen LogP contribution < -0.4 is 10.5 Å². The standard InChI is InChI=1S/C12H11N3O3/c1-8-3-2-4-11(12(8)15(16)17)18-10-5-9(13)6-14-7-10/h2-7H,13H2,1H3. The van der Waals surface area contributed by atoms with Crippen molar-refractivity contribution in [2.24, 2.45) is 0 Å². The Kier molecular flexibility index (Phi) is 3.09. The van der Waals surface area contributed by atoms with Gasteiger partial charge in [0.15, 0.2) is 0 Å². The number of nitrogens with zero attached hydrogens (tertiary/aromatic N) is 2. The second-order valence-electron chi connectivity index (χ2n) is 3.73. The van der Waals surface area contributed by atoms with E-state index in [9.17, 15) is 10.1 Å². The number of hydrogen-bond donors (Lipinski definition) is 1. The summed E-state index contributed by atoms with van der Waals surface area (Å²) in [6.07, 6.45) is 2.92. The van der Waals surface area contributed by atoms with Crippen molar-refractivity contribution in [2.75, 3.05) is 5.73 Å². The van der Waals surface area contributed by atoms with E-state index in [1.807, 2.05) is 0 Å². The van der Waals surface area contributed by atoms with Crippen molar-refractivity contribution >= 4 is 11.4 Å². The number of nitro groups is 1. The van der Waals surface area contributed by atoms with E-state index >= 15 is 0 Å². The summed E-state index contributed by atoms with van der Waals surface area (Å²) in [6, 6.07) is 6.44. The fourth-order valence-corrected chi connectivity index (χ4v) is 1.57. The Morgan fingerprint density at radius 2 is 2.17 bits per heavy atom. The fourth-order valence-electron chi connectivity index (χ4n) is 1.57. The molecule has 6 nitrogen and oxygen atoms in total. The first kappa shape index (κ1) is 11.8. The third-order valence-corrected chi connectivity index (χ3v) is 2.35. The lowest BCUT2D eigenvalue weighted by Crippen LogP contribution is -1.96. The summed E-state index contributed by atoms with van der Waals surface area (Å²) in [5.41, 5.74) is 6.48. The minimum absolute atomic E-state index is 0.0556. The number of aryl methyl sites for hydroxylation is 1. The second-order valence-corrected chi connectivity index (χ2v) is 3.73. The Hall–Kier alpha value is -2.63. The number of nitrogen functional groups attached to an aromatic ring is 1. The molecule has 1 aromatic heterocycles. The number of aromatic nitrogens is 1. The number of hydrogen-bond acceptors (Lipinski definition) is 5. The number of anilines is 1. The Morgan fingerprint density at radius 3 is 2.83 bits per heavy atom. The first-order chi connectivity index (χ1) is 8.58. The molecule has 0 unspecified atom stereocenters. The van der Waals surface area contributed by atoms with Gasteiger partial charge in [0.1, 0.15) is 5.75 Å². The van der Waals surface area contributed by atoms with Gasteiger partial charge in [-0.3, -0.25) is 15.1 Å². The minimum Gasteiger partial charge on any atom is -0.448 e. The van der Waals surface area contributed by atoms with E-state index in [-0.39, 0.29) is 11.4 Å². The highest BCUT2D eigenvalue weighted by Gasteiger charge is 2.18. The summed E-state index contributed by atoms with van der Waals surface area (Å²) < 4.78 is 5.45. The lowest BCUT2D eigenvalue weighted by atomic mass is 10.2. The quantitative estimate of drug-likeness (QED) is 0.663. The molecule has 1 heterocycles. The van der Waals surface area contributed by atoms with Gasteiger partial charge in [-0.2, -0.15) is 0 Å². The van der Waals surface area contributed by atoms with Gasteiger partial charge >= 0.3 is 5.69 Å². The monoisotopic (exact) mass is 245 g/mol. The zero-order chi connectivity index (χ0) is 13.1. The molecule has 0 radical (unpaired) electrons. The molecule has 0 fully saturated rings. The van der Waals surface area contributed by atoms with Crippen LogP contribution in [0.1, 0.15) is 5.56 Å². The highest BCUT2D eigenvalue weighted by Crippen LogP contribution is 2.33. The summed E-state index contributed by atoms with van der Waals surface area (Å²) in [4.78, 5) is 14.4. The van der Waals surface area contributed by atoms with Crippen LogP contribution in [0, 0.1) is 17.0 Å². The van der Waals surface area contributed by atoms with Crippen LogP contribution >= 0.6 is 0 Å². The molecule has 0 spiro atoms. The molecule has 0 atom stereocenters. The van der Waals surface area contributed by atoms with Crippen molar-refractivity contribution < 1.29 is 9.66 Å². The molecule has 2 rings (SSSR count). The van der Waals surface area contributed by atoms with Gasteiger partial charge in [0.05, 0.1) is 23.0 Å². The van der Waals surface area contributed by atoms with Gasteiger partial charge in [0.2, 0.25) is 5.75 Å². The molecule has 0 aliphatic carbocycles. The number of nitro benzene ring substituents is 1. The average molecular weight is 245 g/mol. The number of benzene rings is 1. The first-order valence-corrected chi connectivity index (χ1v) is 5.20. The van der Waals surface area contributed by atoms with Crippen LogP contribution in [0.4, 0.5) is 11.4 Å². The van der Waals surface area contributed by atoms with Crippen molar-refractivity contribution in [2.45, 2.75) is 6.92 Å². The second kappa shape index (κ2) is 4.70. The van der Waals surface area contributed by atoms with Crippen molar-refractivity contribution in [1.82, 2.24) is 4.98 Å². The molecule has 92 valence electrons. The first-order valence-electron chi connectivity index (χ1n) is 5.20. The van der Waals surface area contributed by atoms with E-state index in [4.69, 9.17) is 10.5 Å². The van der Waals surface area contributed by atoms with E-state index in [0.29, 0.717) is 17.0 Å².